The molecular weight excluding hydrogens is 354 g/mol. The molecule has 1 unspecified atom stereocenters. The predicted molar refractivity (Wildman–Crippen MR) is 85.9 cm³/mol. The zero-order valence-electron chi connectivity index (χ0n) is 13.7. The van der Waals surface area contributed by atoms with Gasteiger partial charge in [0, 0.05) is 11.8 Å². The van der Waals surface area contributed by atoms with Crippen LogP contribution in [0.3, 0.4) is 0 Å². The number of amidine groups is 2. The fourth-order valence-electron chi connectivity index (χ4n) is 2.54. The second kappa shape index (κ2) is 6.08. The molecule has 1 aromatic carbocycles. The third-order valence-corrected chi connectivity index (χ3v) is 3.81. The number of alkyl halides is 3. The van der Waals surface area contributed by atoms with Gasteiger partial charge in [0.25, 0.3) is 0 Å². The first-order valence-corrected chi connectivity index (χ1v) is 7.44. The van der Waals surface area contributed by atoms with E-state index in [1.807, 2.05) is 0 Å². The molecular formula is C17H13F4N3O2. The minimum atomic E-state index is -5.13. The third-order valence-electron chi connectivity index (χ3n) is 3.81. The Kier molecular flexibility index (Phi) is 4.17. The molecule has 2 aliphatic rings. The van der Waals surface area contributed by atoms with E-state index in [-0.39, 0.29) is 17.2 Å². The van der Waals surface area contributed by atoms with Crippen molar-refractivity contribution < 1.29 is 27.1 Å². The third kappa shape index (κ3) is 2.79. The molecule has 0 amide bonds. The number of carbonyl (C=O) groups excluding carboxylic acids is 1. The van der Waals surface area contributed by atoms with Crippen molar-refractivity contribution in [3.05, 3.63) is 59.6 Å². The summed E-state index contributed by atoms with van der Waals surface area (Å²) in [7, 11) is 0.830. The molecule has 2 aliphatic heterocycles. The molecule has 0 spiro atoms. The molecule has 1 aromatic rings. The molecule has 0 aliphatic carbocycles. The van der Waals surface area contributed by atoms with Gasteiger partial charge in [0.05, 0.1) is 7.11 Å². The molecule has 2 heterocycles. The van der Waals surface area contributed by atoms with Crippen LogP contribution >= 0.6 is 0 Å². The van der Waals surface area contributed by atoms with E-state index in [0.717, 1.165) is 24.8 Å². The van der Waals surface area contributed by atoms with Gasteiger partial charge in [-0.05, 0) is 42.8 Å². The summed E-state index contributed by atoms with van der Waals surface area (Å²) in [5.41, 5.74) is -2.51. The van der Waals surface area contributed by atoms with Crippen molar-refractivity contribution in [2.45, 2.75) is 18.8 Å². The molecule has 0 bridgehead atoms. The molecule has 9 heteroatoms. The first kappa shape index (κ1) is 17.8. The number of hydrogen-bond donors (Lipinski definition) is 0. The second-order valence-corrected chi connectivity index (χ2v) is 5.65. The lowest BCUT2D eigenvalue weighted by Gasteiger charge is -2.36. The number of ether oxygens (including phenoxy) is 1. The Morgan fingerprint density at radius 1 is 1.15 bits per heavy atom. The number of rotatable bonds is 2. The van der Waals surface area contributed by atoms with Gasteiger partial charge in [-0.3, -0.25) is 4.90 Å². The Morgan fingerprint density at radius 3 is 2.38 bits per heavy atom. The number of aliphatic imine (C=N–C) groups is 2. The van der Waals surface area contributed by atoms with Gasteiger partial charge in [0.2, 0.25) is 0 Å². The number of carbonyl (C=O) groups is 1. The average molecular weight is 367 g/mol. The highest BCUT2D eigenvalue weighted by Crippen LogP contribution is 2.40. The topological polar surface area (TPSA) is 54.3 Å². The van der Waals surface area contributed by atoms with Crippen molar-refractivity contribution in [3.8, 4) is 0 Å². The number of hydrogen-bond acceptors (Lipinski definition) is 5. The fourth-order valence-corrected chi connectivity index (χ4v) is 2.54. The van der Waals surface area contributed by atoms with Crippen molar-refractivity contribution in [1.29, 1.82) is 0 Å². The van der Waals surface area contributed by atoms with Crippen molar-refractivity contribution in [2.75, 3.05) is 7.11 Å². The highest BCUT2D eigenvalue weighted by Gasteiger charge is 2.64. The van der Waals surface area contributed by atoms with E-state index in [4.69, 9.17) is 0 Å². The summed E-state index contributed by atoms with van der Waals surface area (Å²) < 4.78 is 58.9. The highest BCUT2D eigenvalue weighted by molar-refractivity contribution is 6.17. The van der Waals surface area contributed by atoms with Gasteiger partial charge >= 0.3 is 17.8 Å². The molecule has 0 N–H and O–H groups in total. The standard InChI is InChI=1S/C17H13F4N3O2/c1-10-3-8-13-22-16(15(25)26-2,17(19,20)21)23-14(24(13)9-10)11-4-6-12(18)7-5-11/h3-9H,1-2H3. The Balaban J connectivity index is 2.27. The van der Waals surface area contributed by atoms with Gasteiger partial charge in [0.1, 0.15) is 17.5 Å². The number of benzene rings is 1. The van der Waals surface area contributed by atoms with Crippen LogP contribution in [0.5, 0.6) is 0 Å². The molecule has 0 aromatic heterocycles. The van der Waals surface area contributed by atoms with E-state index in [1.165, 1.54) is 29.3 Å². The second-order valence-electron chi connectivity index (χ2n) is 5.65. The first-order valence-electron chi connectivity index (χ1n) is 7.44. The quantitative estimate of drug-likeness (QED) is 0.596. The lowest BCUT2D eigenvalue weighted by molar-refractivity contribution is -0.202. The van der Waals surface area contributed by atoms with Crippen molar-refractivity contribution in [2.24, 2.45) is 9.98 Å². The van der Waals surface area contributed by atoms with Gasteiger partial charge < -0.3 is 4.74 Å². The Labute approximate surface area is 146 Å². The van der Waals surface area contributed by atoms with E-state index in [1.54, 1.807) is 13.0 Å². The van der Waals surface area contributed by atoms with Crippen molar-refractivity contribution in [3.63, 3.8) is 0 Å². The lowest BCUT2D eigenvalue weighted by atomic mass is 10.1. The number of fused-ring (bicyclic) bond motifs is 1. The number of esters is 1. The molecule has 3 rings (SSSR count). The largest absolute Gasteiger partial charge is 0.465 e. The van der Waals surface area contributed by atoms with Gasteiger partial charge in [-0.15, -0.1) is 0 Å². The van der Waals surface area contributed by atoms with Gasteiger partial charge in [-0.2, -0.15) is 13.2 Å². The van der Waals surface area contributed by atoms with Gasteiger partial charge in [0.15, 0.2) is 0 Å². The molecule has 0 fully saturated rings. The van der Waals surface area contributed by atoms with Gasteiger partial charge in [-0.1, -0.05) is 6.08 Å². The number of halogens is 4. The number of allylic oxidation sites excluding steroid dienone is 2. The maximum Gasteiger partial charge on any atom is 0.445 e. The van der Waals surface area contributed by atoms with Crippen molar-refractivity contribution >= 4 is 17.6 Å². The Morgan fingerprint density at radius 2 is 1.81 bits per heavy atom. The molecule has 0 saturated heterocycles. The molecule has 0 saturated carbocycles. The molecule has 1 atom stereocenters. The smallest absolute Gasteiger partial charge is 0.445 e. The minimum absolute atomic E-state index is 0.132. The van der Waals surface area contributed by atoms with E-state index in [9.17, 15) is 22.4 Å². The number of methoxy groups -OCH3 is 1. The van der Waals surface area contributed by atoms with Crippen LogP contribution in [0.25, 0.3) is 0 Å². The number of nitrogens with zero attached hydrogens (tertiary/aromatic N) is 3. The van der Waals surface area contributed by atoms with E-state index in [0.29, 0.717) is 0 Å². The zero-order valence-corrected chi connectivity index (χ0v) is 13.7. The first-order chi connectivity index (χ1) is 12.2. The Bertz CT molecular complexity index is 869. The lowest BCUT2D eigenvalue weighted by Crippen LogP contribution is -2.55. The average Bonchev–Trinajstić information content (AvgIpc) is 2.60. The van der Waals surface area contributed by atoms with Crippen LogP contribution in [0.1, 0.15) is 12.5 Å². The minimum Gasteiger partial charge on any atom is -0.465 e. The van der Waals surface area contributed by atoms with E-state index in [2.05, 4.69) is 14.7 Å². The molecule has 136 valence electrons. The van der Waals surface area contributed by atoms with Crippen LogP contribution < -0.4 is 0 Å². The SMILES string of the molecule is COC(=O)C1(C(F)(F)F)N=C2C=CC(C)=CN2C(c2ccc(F)cc2)=N1. The van der Waals surface area contributed by atoms with Crippen LogP contribution in [-0.2, 0) is 9.53 Å². The monoisotopic (exact) mass is 367 g/mol. The fraction of sp³-hybridized carbons (Fsp3) is 0.235. The summed E-state index contributed by atoms with van der Waals surface area (Å²) in [4.78, 5) is 20.5. The maximum atomic E-state index is 13.8. The predicted octanol–water partition coefficient (Wildman–Crippen LogP) is 3.19. The van der Waals surface area contributed by atoms with Crippen LogP contribution in [-0.4, -0.2) is 41.5 Å². The van der Waals surface area contributed by atoms with Crippen LogP contribution in [0.15, 0.2) is 58.2 Å². The summed E-state index contributed by atoms with van der Waals surface area (Å²) >= 11 is 0. The molecule has 26 heavy (non-hydrogen) atoms. The summed E-state index contributed by atoms with van der Waals surface area (Å²) in [5.74, 6) is -2.54. The summed E-state index contributed by atoms with van der Waals surface area (Å²) in [6.45, 7) is 1.74. The van der Waals surface area contributed by atoms with Crippen LogP contribution in [0, 0.1) is 5.82 Å². The normalized spacial score (nSPS) is 22.2. The van der Waals surface area contributed by atoms with E-state index >= 15 is 0 Å². The zero-order chi connectivity index (χ0) is 19.1. The van der Waals surface area contributed by atoms with Crippen molar-refractivity contribution in [1.82, 2.24) is 4.90 Å². The summed E-state index contributed by atoms with van der Waals surface area (Å²) in [6.07, 6.45) is -0.703. The van der Waals surface area contributed by atoms with Gasteiger partial charge in [-0.25, -0.2) is 19.2 Å². The summed E-state index contributed by atoms with van der Waals surface area (Å²) in [5, 5.41) is 0. The highest BCUT2D eigenvalue weighted by atomic mass is 19.4. The maximum absolute atomic E-state index is 13.8. The molecule has 5 nitrogen and oxygen atoms in total. The summed E-state index contributed by atoms with van der Waals surface area (Å²) in [6, 6.07) is 4.73. The van der Waals surface area contributed by atoms with E-state index < -0.39 is 23.6 Å². The molecule has 0 radical (unpaired) electrons. The van der Waals surface area contributed by atoms with Crippen LogP contribution in [0.2, 0.25) is 0 Å². The van der Waals surface area contributed by atoms with Crippen LogP contribution in [0.4, 0.5) is 17.6 Å². The Hall–Kier alpha value is -2.97.